The summed E-state index contributed by atoms with van der Waals surface area (Å²) < 4.78 is 0. The molecule has 1 fully saturated rings. The van der Waals surface area contributed by atoms with Crippen molar-refractivity contribution in [2.75, 3.05) is 26.2 Å². The Labute approximate surface area is 170 Å². The summed E-state index contributed by atoms with van der Waals surface area (Å²) in [6.45, 7) is 5.59. The highest BCUT2D eigenvalue weighted by atomic mass is 16.2. The van der Waals surface area contributed by atoms with Crippen molar-refractivity contribution >= 4 is 5.91 Å². The number of carbonyl (C=O) groups is 1. The molecule has 3 heterocycles. The first-order valence-electron chi connectivity index (χ1n) is 10.7. The number of H-pyrrole nitrogens is 1. The number of amides is 1. The average Bonchev–Trinajstić information content (AvgIpc) is 3.06. The Bertz CT molecular complexity index is 1010. The van der Waals surface area contributed by atoms with E-state index in [-0.39, 0.29) is 16.9 Å². The van der Waals surface area contributed by atoms with Crippen molar-refractivity contribution in [2.24, 2.45) is 0 Å². The fourth-order valence-corrected chi connectivity index (χ4v) is 5.49. The van der Waals surface area contributed by atoms with Gasteiger partial charge in [-0.05, 0) is 50.2 Å². The predicted octanol–water partition coefficient (Wildman–Crippen LogP) is 1.94. The molecule has 6 heteroatoms. The van der Waals surface area contributed by atoms with Gasteiger partial charge >= 0.3 is 0 Å². The van der Waals surface area contributed by atoms with Crippen LogP contribution in [0.4, 0.5) is 0 Å². The van der Waals surface area contributed by atoms with E-state index in [1.165, 1.54) is 11.1 Å². The van der Waals surface area contributed by atoms with Gasteiger partial charge in [0.05, 0.1) is 12.2 Å². The molecule has 152 valence electrons. The van der Waals surface area contributed by atoms with Crippen LogP contribution in [-0.2, 0) is 29.6 Å². The van der Waals surface area contributed by atoms with Gasteiger partial charge in [0.2, 0.25) is 5.91 Å². The number of hydrogen-bond acceptors (Lipinski definition) is 4. The number of likely N-dealkylation sites (tertiary alicyclic amines) is 1. The molecule has 1 spiro atoms. The standard InChI is InChI=1S/C23H28N4O2/c1-16-24-21-19(22(29)25-16)7-10-23(21)9-4-11-27(15-23)20(28)14-26-12-8-17-5-2-3-6-18(17)13-26/h2-3,5-6H,4,7-15H2,1H3,(H,24,25,29). The van der Waals surface area contributed by atoms with E-state index in [1.807, 2.05) is 11.8 Å². The molecule has 1 amide bonds. The van der Waals surface area contributed by atoms with Gasteiger partial charge in [0.15, 0.2) is 0 Å². The third kappa shape index (κ3) is 3.29. The highest BCUT2D eigenvalue weighted by Crippen LogP contribution is 2.43. The van der Waals surface area contributed by atoms with Crippen molar-refractivity contribution in [3.05, 3.63) is 62.8 Å². The third-order valence-corrected chi connectivity index (χ3v) is 6.99. The van der Waals surface area contributed by atoms with Gasteiger partial charge in [0, 0.05) is 37.2 Å². The predicted molar refractivity (Wildman–Crippen MR) is 111 cm³/mol. The van der Waals surface area contributed by atoms with Crippen molar-refractivity contribution in [1.29, 1.82) is 0 Å². The number of carbonyl (C=O) groups excluding carboxylic acids is 1. The number of nitrogens with zero attached hydrogens (tertiary/aromatic N) is 3. The summed E-state index contributed by atoms with van der Waals surface area (Å²) in [4.78, 5) is 37.4. The first-order valence-corrected chi connectivity index (χ1v) is 10.7. The van der Waals surface area contributed by atoms with Crippen LogP contribution in [-0.4, -0.2) is 51.9 Å². The maximum Gasteiger partial charge on any atom is 0.254 e. The zero-order valence-electron chi connectivity index (χ0n) is 17.0. The number of aromatic amines is 1. The molecule has 2 aromatic rings. The van der Waals surface area contributed by atoms with Crippen LogP contribution in [0.25, 0.3) is 0 Å². The monoisotopic (exact) mass is 392 g/mol. The lowest BCUT2D eigenvalue weighted by Gasteiger charge is -2.41. The molecule has 1 unspecified atom stereocenters. The lowest BCUT2D eigenvalue weighted by Crippen LogP contribution is -2.51. The molecule has 0 bridgehead atoms. The summed E-state index contributed by atoms with van der Waals surface area (Å²) >= 11 is 0. The SMILES string of the molecule is Cc1nc2c(c(=O)[nH]1)CCC21CCCN(C(=O)CN2CCc3ccccc3C2)C1. The second-order valence-corrected chi connectivity index (χ2v) is 8.91. The second kappa shape index (κ2) is 7.10. The maximum absolute atomic E-state index is 13.2. The normalized spacial score (nSPS) is 23.8. The van der Waals surface area contributed by atoms with Crippen LogP contribution in [0, 0.1) is 6.92 Å². The van der Waals surface area contributed by atoms with Crippen LogP contribution in [0.1, 0.15) is 47.5 Å². The molecule has 29 heavy (non-hydrogen) atoms. The van der Waals surface area contributed by atoms with E-state index >= 15 is 0 Å². The summed E-state index contributed by atoms with van der Waals surface area (Å²) in [5.41, 5.74) is 4.38. The van der Waals surface area contributed by atoms with Crippen LogP contribution in [0.5, 0.6) is 0 Å². The van der Waals surface area contributed by atoms with Crippen molar-refractivity contribution in [2.45, 2.75) is 51.0 Å². The summed E-state index contributed by atoms with van der Waals surface area (Å²) in [6, 6.07) is 8.53. The molecule has 1 N–H and O–H groups in total. The molecular weight excluding hydrogens is 364 g/mol. The molecule has 3 aliphatic rings. The Morgan fingerprint density at radius 2 is 2.00 bits per heavy atom. The number of aromatic nitrogens is 2. The maximum atomic E-state index is 13.2. The highest BCUT2D eigenvalue weighted by molar-refractivity contribution is 5.78. The first kappa shape index (κ1) is 18.6. The van der Waals surface area contributed by atoms with Crippen molar-refractivity contribution in [3.63, 3.8) is 0 Å². The van der Waals surface area contributed by atoms with Gasteiger partial charge in [0.25, 0.3) is 5.56 Å². The molecule has 1 saturated heterocycles. The van der Waals surface area contributed by atoms with Gasteiger partial charge in [0.1, 0.15) is 5.82 Å². The van der Waals surface area contributed by atoms with E-state index in [2.05, 4.69) is 34.1 Å². The molecule has 1 aromatic heterocycles. The summed E-state index contributed by atoms with van der Waals surface area (Å²) in [6.07, 6.45) is 4.68. The van der Waals surface area contributed by atoms with Gasteiger partial charge in [-0.3, -0.25) is 14.5 Å². The number of piperidine rings is 1. The van der Waals surface area contributed by atoms with Gasteiger partial charge in [-0.1, -0.05) is 24.3 Å². The highest BCUT2D eigenvalue weighted by Gasteiger charge is 2.45. The number of nitrogens with one attached hydrogen (secondary N) is 1. The van der Waals surface area contributed by atoms with Gasteiger partial charge in [-0.15, -0.1) is 0 Å². The zero-order chi connectivity index (χ0) is 20.0. The van der Waals surface area contributed by atoms with E-state index in [4.69, 9.17) is 4.98 Å². The van der Waals surface area contributed by atoms with Crippen LogP contribution in [0.3, 0.4) is 0 Å². The first-order chi connectivity index (χ1) is 14.0. The Morgan fingerprint density at radius 1 is 1.17 bits per heavy atom. The van der Waals surface area contributed by atoms with Crippen molar-refractivity contribution in [3.8, 4) is 0 Å². The fourth-order valence-electron chi connectivity index (χ4n) is 5.49. The van der Waals surface area contributed by atoms with E-state index < -0.39 is 0 Å². The Hall–Kier alpha value is -2.47. The minimum Gasteiger partial charge on any atom is -0.341 e. The van der Waals surface area contributed by atoms with E-state index in [1.54, 1.807) is 0 Å². The number of benzene rings is 1. The largest absolute Gasteiger partial charge is 0.341 e. The summed E-state index contributed by atoms with van der Waals surface area (Å²) in [5.74, 6) is 0.879. The van der Waals surface area contributed by atoms with Crippen molar-refractivity contribution < 1.29 is 4.79 Å². The number of hydrogen-bond donors (Lipinski definition) is 1. The van der Waals surface area contributed by atoms with E-state index in [0.717, 1.165) is 63.0 Å². The molecule has 0 saturated carbocycles. The molecule has 2 aliphatic heterocycles. The summed E-state index contributed by atoms with van der Waals surface area (Å²) in [7, 11) is 0. The third-order valence-electron chi connectivity index (χ3n) is 6.99. The van der Waals surface area contributed by atoms with Gasteiger partial charge in [-0.25, -0.2) is 4.98 Å². The van der Waals surface area contributed by atoms with Crippen LogP contribution in [0.15, 0.2) is 29.1 Å². The molecule has 1 atom stereocenters. The fraction of sp³-hybridized carbons (Fsp3) is 0.522. The Morgan fingerprint density at radius 3 is 2.86 bits per heavy atom. The molecule has 1 aromatic carbocycles. The van der Waals surface area contributed by atoms with Crippen LogP contribution in [0.2, 0.25) is 0 Å². The Kier molecular flexibility index (Phi) is 4.54. The molecule has 0 radical (unpaired) electrons. The minimum absolute atomic E-state index is 0.000179. The van der Waals surface area contributed by atoms with E-state index in [0.29, 0.717) is 18.9 Å². The lowest BCUT2D eigenvalue weighted by molar-refractivity contribution is -0.135. The average molecular weight is 393 g/mol. The Balaban J connectivity index is 1.31. The van der Waals surface area contributed by atoms with E-state index in [9.17, 15) is 9.59 Å². The summed E-state index contributed by atoms with van der Waals surface area (Å²) in [5, 5.41) is 0. The molecule has 6 nitrogen and oxygen atoms in total. The number of aryl methyl sites for hydroxylation is 1. The number of fused-ring (bicyclic) bond motifs is 3. The number of rotatable bonds is 2. The molecule has 1 aliphatic carbocycles. The van der Waals surface area contributed by atoms with Gasteiger partial charge in [-0.2, -0.15) is 0 Å². The quantitative estimate of drug-likeness (QED) is 0.848. The van der Waals surface area contributed by atoms with Crippen LogP contribution >= 0.6 is 0 Å². The minimum atomic E-state index is -0.142. The topological polar surface area (TPSA) is 69.3 Å². The molecular formula is C23H28N4O2. The van der Waals surface area contributed by atoms with Crippen LogP contribution < -0.4 is 5.56 Å². The molecule has 5 rings (SSSR count). The second-order valence-electron chi connectivity index (χ2n) is 8.91. The smallest absolute Gasteiger partial charge is 0.254 e. The lowest BCUT2D eigenvalue weighted by atomic mass is 9.77. The van der Waals surface area contributed by atoms with Gasteiger partial charge < -0.3 is 9.88 Å². The van der Waals surface area contributed by atoms with Crippen molar-refractivity contribution in [1.82, 2.24) is 19.8 Å². The zero-order valence-corrected chi connectivity index (χ0v) is 17.0.